The molecule has 0 aliphatic carbocycles. The summed E-state index contributed by atoms with van der Waals surface area (Å²) in [5.41, 5.74) is 1.76. The van der Waals surface area contributed by atoms with Crippen LogP contribution < -0.4 is 4.90 Å². The topological polar surface area (TPSA) is 81.3 Å². The number of pyridine rings is 1. The van der Waals surface area contributed by atoms with Gasteiger partial charge < -0.3 is 9.64 Å². The molecule has 0 radical (unpaired) electrons. The van der Waals surface area contributed by atoms with Crippen LogP contribution in [0.1, 0.15) is 11.7 Å². The fraction of sp³-hybridized carbons (Fsp3) is 0.308. The summed E-state index contributed by atoms with van der Waals surface area (Å²) in [6, 6.07) is 7.75. The van der Waals surface area contributed by atoms with Gasteiger partial charge in [-0.1, -0.05) is 0 Å². The number of nitrogens with zero attached hydrogens (tertiary/aromatic N) is 7. The molecule has 0 amide bonds. The minimum atomic E-state index is 0.0214. The van der Waals surface area contributed by atoms with Crippen LogP contribution in [0, 0.1) is 0 Å². The van der Waals surface area contributed by atoms with Gasteiger partial charge in [0.2, 0.25) is 0 Å². The Bertz CT molecular complexity index is 744. The molecular weight excluding hydrogens is 270 g/mol. The lowest BCUT2D eigenvalue weighted by Gasteiger charge is -2.33. The summed E-state index contributed by atoms with van der Waals surface area (Å²) in [7, 11) is 0. The van der Waals surface area contributed by atoms with E-state index in [0.717, 1.165) is 24.5 Å². The van der Waals surface area contributed by atoms with Crippen LogP contribution in [-0.4, -0.2) is 49.9 Å². The zero-order chi connectivity index (χ0) is 14.1. The van der Waals surface area contributed by atoms with E-state index in [1.807, 2.05) is 24.3 Å². The Labute approximate surface area is 120 Å². The van der Waals surface area contributed by atoms with E-state index in [1.165, 1.54) is 4.63 Å². The average Bonchev–Trinajstić information content (AvgIpc) is 3.03. The van der Waals surface area contributed by atoms with Gasteiger partial charge in [-0.15, -0.1) is 14.8 Å². The third-order valence-corrected chi connectivity index (χ3v) is 3.52. The Morgan fingerprint density at radius 3 is 2.95 bits per heavy atom. The van der Waals surface area contributed by atoms with E-state index in [4.69, 9.17) is 4.74 Å². The normalized spacial score (nSPS) is 19.0. The number of hydrogen-bond acceptors (Lipinski definition) is 7. The van der Waals surface area contributed by atoms with Crippen molar-refractivity contribution < 1.29 is 4.74 Å². The quantitative estimate of drug-likeness (QED) is 0.677. The molecule has 1 aliphatic heterocycles. The molecule has 0 spiro atoms. The molecule has 4 heterocycles. The second kappa shape index (κ2) is 5.06. The molecule has 1 aliphatic rings. The second-order valence-corrected chi connectivity index (χ2v) is 4.80. The zero-order valence-electron chi connectivity index (χ0n) is 11.2. The number of rotatable bonds is 2. The zero-order valence-corrected chi connectivity index (χ0v) is 11.2. The lowest BCUT2D eigenvalue weighted by molar-refractivity contribution is 0.0394. The van der Waals surface area contributed by atoms with Crippen LogP contribution >= 0.6 is 0 Å². The molecule has 8 nitrogen and oxygen atoms in total. The number of hydrogen-bond donors (Lipinski definition) is 0. The first-order valence-corrected chi connectivity index (χ1v) is 6.72. The van der Waals surface area contributed by atoms with Gasteiger partial charge in [0.25, 0.3) is 0 Å². The molecule has 1 unspecified atom stereocenters. The van der Waals surface area contributed by atoms with Crippen molar-refractivity contribution in [2.24, 2.45) is 0 Å². The first kappa shape index (κ1) is 12.2. The van der Waals surface area contributed by atoms with Crippen molar-refractivity contribution in [2.75, 3.05) is 24.6 Å². The lowest BCUT2D eigenvalue weighted by Crippen LogP contribution is -2.39. The largest absolute Gasteiger partial charge is 0.370 e. The minimum Gasteiger partial charge on any atom is -0.370 e. The average molecular weight is 283 g/mol. The highest BCUT2D eigenvalue weighted by Gasteiger charge is 2.23. The standard InChI is InChI=1S/C13H13N7O/c1-2-13(16-20-12(1)15-17-18-20)19-7-8-21-11(9-19)10-3-5-14-6-4-10/h1-6,11H,7-9H2. The van der Waals surface area contributed by atoms with E-state index in [9.17, 15) is 0 Å². The number of aromatic nitrogens is 6. The summed E-state index contributed by atoms with van der Waals surface area (Å²) >= 11 is 0. The van der Waals surface area contributed by atoms with Crippen LogP contribution in [0.25, 0.3) is 5.65 Å². The molecule has 1 saturated heterocycles. The lowest BCUT2D eigenvalue weighted by atomic mass is 10.1. The number of ether oxygens (including phenoxy) is 1. The molecule has 0 bridgehead atoms. The van der Waals surface area contributed by atoms with Crippen LogP contribution in [0.3, 0.4) is 0 Å². The smallest absolute Gasteiger partial charge is 0.200 e. The van der Waals surface area contributed by atoms with E-state index in [0.29, 0.717) is 12.3 Å². The van der Waals surface area contributed by atoms with Crippen LogP contribution in [-0.2, 0) is 4.74 Å². The molecule has 21 heavy (non-hydrogen) atoms. The summed E-state index contributed by atoms with van der Waals surface area (Å²) in [6.07, 6.45) is 3.58. The highest BCUT2D eigenvalue weighted by atomic mass is 16.5. The summed E-state index contributed by atoms with van der Waals surface area (Å²) in [6.45, 7) is 2.19. The van der Waals surface area contributed by atoms with E-state index in [2.05, 4.69) is 30.5 Å². The van der Waals surface area contributed by atoms with Crippen molar-refractivity contribution in [3.63, 3.8) is 0 Å². The van der Waals surface area contributed by atoms with Gasteiger partial charge in [0.05, 0.1) is 6.61 Å². The minimum absolute atomic E-state index is 0.0214. The SMILES string of the molecule is c1cc(C2CN(c3ccc4nnnn4n3)CCO2)ccn1. The molecule has 8 heteroatoms. The molecule has 1 fully saturated rings. The number of tetrazole rings is 1. The Kier molecular flexibility index (Phi) is 2.93. The molecular formula is C13H13N7O. The molecule has 4 rings (SSSR count). The maximum Gasteiger partial charge on any atom is 0.200 e. The first-order chi connectivity index (χ1) is 10.4. The maximum absolute atomic E-state index is 5.84. The Balaban J connectivity index is 1.60. The number of morpholine rings is 1. The van der Waals surface area contributed by atoms with Crippen LogP contribution in [0.15, 0.2) is 36.7 Å². The fourth-order valence-corrected chi connectivity index (χ4v) is 2.45. The summed E-state index contributed by atoms with van der Waals surface area (Å²) in [5, 5.41) is 15.7. The Morgan fingerprint density at radius 1 is 1.14 bits per heavy atom. The van der Waals surface area contributed by atoms with E-state index in [1.54, 1.807) is 12.4 Å². The van der Waals surface area contributed by atoms with Crippen molar-refractivity contribution >= 4 is 11.5 Å². The molecule has 0 N–H and O–H groups in total. The molecule has 3 aromatic heterocycles. The number of anilines is 1. The van der Waals surface area contributed by atoms with Crippen molar-refractivity contribution in [3.8, 4) is 0 Å². The predicted molar refractivity (Wildman–Crippen MR) is 73.7 cm³/mol. The third kappa shape index (κ3) is 2.29. The van der Waals surface area contributed by atoms with Crippen molar-refractivity contribution in [1.29, 1.82) is 0 Å². The molecule has 0 aromatic carbocycles. The summed E-state index contributed by atoms with van der Waals surface area (Å²) in [4.78, 5) is 6.21. The molecule has 1 atom stereocenters. The maximum atomic E-state index is 5.84. The molecule has 106 valence electrons. The third-order valence-electron chi connectivity index (χ3n) is 3.52. The van der Waals surface area contributed by atoms with Crippen LogP contribution in [0.2, 0.25) is 0 Å². The van der Waals surface area contributed by atoms with Crippen molar-refractivity contribution in [3.05, 3.63) is 42.2 Å². The molecule has 3 aromatic rings. The molecule has 0 saturated carbocycles. The van der Waals surface area contributed by atoms with Gasteiger partial charge in [0.15, 0.2) is 11.5 Å². The second-order valence-electron chi connectivity index (χ2n) is 4.80. The van der Waals surface area contributed by atoms with Gasteiger partial charge in [0.1, 0.15) is 6.10 Å². The Morgan fingerprint density at radius 2 is 2.05 bits per heavy atom. The van der Waals surface area contributed by atoms with Gasteiger partial charge in [0, 0.05) is 25.5 Å². The van der Waals surface area contributed by atoms with Gasteiger partial charge in [-0.25, -0.2) is 0 Å². The predicted octanol–water partition coefficient (Wildman–Crippen LogP) is 0.492. The van der Waals surface area contributed by atoms with Crippen molar-refractivity contribution in [1.82, 2.24) is 30.2 Å². The van der Waals surface area contributed by atoms with Gasteiger partial charge in [-0.3, -0.25) is 4.98 Å². The highest BCUT2D eigenvalue weighted by molar-refractivity contribution is 5.45. The van der Waals surface area contributed by atoms with Gasteiger partial charge in [-0.2, -0.15) is 0 Å². The van der Waals surface area contributed by atoms with E-state index in [-0.39, 0.29) is 6.10 Å². The first-order valence-electron chi connectivity index (χ1n) is 6.72. The van der Waals surface area contributed by atoms with Gasteiger partial charge in [-0.05, 0) is 40.3 Å². The fourth-order valence-electron chi connectivity index (χ4n) is 2.45. The number of fused-ring (bicyclic) bond motifs is 1. The summed E-state index contributed by atoms with van der Waals surface area (Å²) in [5.74, 6) is 0.845. The Hall–Kier alpha value is -2.61. The summed E-state index contributed by atoms with van der Waals surface area (Å²) < 4.78 is 7.28. The van der Waals surface area contributed by atoms with Crippen LogP contribution in [0.4, 0.5) is 5.82 Å². The van der Waals surface area contributed by atoms with E-state index >= 15 is 0 Å². The van der Waals surface area contributed by atoms with E-state index < -0.39 is 0 Å². The van der Waals surface area contributed by atoms with Crippen molar-refractivity contribution in [2.45, 2.75) is 6.10 Å². The monoisotopic (exact) mass is 283 g/mol. The van der Waals surface area contributed by atoms with Gasteiger partial charge >= 0.3 is 0 Å². The highest BCUT2D eigenvalue weighted by Crippen LogP contribution is 2.24. The van der Waals surface area contributed by atoms with Crippen LogP contribution in [0.5, 0.6) is 0 Å².